The first-order valence-electron chi connectivity index (χ1n) is 7.01. The van der Waals surface area contributed by atoms with Gasteiger partial charge in [-0.3, -0.25) is 0 Å². The molecule has 0 bridgehead atoms. The molecule has 0 aliphatic carbocycles. The Hall–Kier alpha value is -1.42. The maximum Gasteiger partial charge on any atom is 0.170 e. The zero-order chi connectivity index (χ0) is 14.9. The summed E-state index contributed by atoms with van der Waals surface area (Å²) >= 11 is 0. The highest BCUT2D eigenvalue weighted by Crippen LogP contribution is 2.31. The van der Waals surface area contributed by atoms with Crippen molar-refractivity contribution in [2.24, 2.45) is 5.92 Å². The highest BCUT2D eigenvalue weighted by molar-refractivity contribution is 5.83. The Bertz CT molecular complexity index is 602. The van der Waals surface area contributed by atoms with Crippen molar-refractivity contribution in [2.45, 2.75) is 46.7 Å². The summed E-state index contributed by atoms with van der Waals surface area (Å²) in [5.74, 6) is -0.114. The van der Waals surface area contributed by atoms with Crippen LogP contribution < -0.4 is 5.32 Å². The number of halogens is 2. The van der Waals surface area contributed by atoms with Crippen molar-refractivity contribution >= 4 is 11.0 Å². The predicted molar refractivity (Wildman–Crippen MR) is 76.6 cm³/mol. The molecule has 0 fully saturated rings. The van der Waals surface area contributed by atoms with Gasteiger partial charge in [0.15, 0.2) is 11.4 Å². The SMILES string of the molecule is CC(C)Cc1c(CNC(C)C)oc2c(F)cc(F)cc12. The van der Waals surface area contributed by atoms with Crippen LogP contribution in [0.15, 0.2) is 16.5 Å². The van der Waals surface area contributed by atoms with Crippen LogP contribution in [0.25, 0.3) is 11.0 Å². The van der Waals surface area contributed by atoms with E-state index >= 15 is 0 Å². The average Bonchev–Trinajstić information content (AvgIpc) is 2.65. The molecule has 0 aliphatic heterocycles. The fraction of sp³-hybridized carbons (Fsp3) is 0.500. The summed E-state index contributed by atoms with van der Waals surface area (Å²) in [6.07, 6.45) is 0.741. The minimum absolute atomic E-state index is 0.155. The van der Waals surface area contributed by atoms with Gasteiger partial charge in [0, 0.05) is 23.1 Å². The smallest absolute Gasteiger partial charge is 0.170 e. The predicted octanol–water partition coefficient (Wildman–Crippen LogP) is 4.41. The molecule has 0 atom stereocenters. The highest BCUT2D eigenvalue weighted by atomic mass is 19.1. The lowest BCUT2D eigenvalue weighted by atomic mass is 9.99. The van der Waals surface area contributed by atoms with E-state index in [1.54, 1.807) is 0 Å². The van der Waals surface area contributed by atoms with Crippen LogP contribution in [0.3, 0.4) is 0 Å². The molecule has 0 amide bonds. The lowest BCUT2D eigenvalue weighted by Crippen LogP contribution is -2.22. The minimum atomic E-state index is -0.638. The quantitative estimate of drug-likeness (QED) is 0.878. The largest absolute Gasteiger partial charge is 0.456 e. The van der Waals surface area contributed by atoms with Gasteiger partial charge in [-0.25, -0.2) is 8.78 Å². The summed E-state index contributed by atoms with van der Waals surface area (Å²) in [6, 6.07) is 2.53. The zero-order valence-electron chi connectivity index (χ0n) is 12.4. The Kier molecular flexibility index (Phi) is 4.43. The maximum absolute atomic E-state index is 13.8. The molecule has 0 radical (unpaired) electrons. The van der Waals surface area contributed by atoms with Gasteiger partial charge in [0.2, 0.25) is 0 Å². The summed E-state index contributed by atoms with van der Waals surface area (Å²) < 4.78 is 32.9. The normalized spacial score (nSPS) is 12.0. The third-order valence-electron chi connectivity index (χ3n) is 3.18. The van der Waals surface area contributed by atoms with E-state index in [1.807, 2.05) is 13.8 Å². The number of rotatable bonds is 5. The molecular weight excluding hydrogens is 260 g/mol. The number of benzene rings is 1. The molecule has 2 aromatic rings. The standard InChI is InChI=1S/C16H21F2NO/c1-9(2)5-12-13-6-11(17)7-14(18)16(13)20-15(12)8-19-10(3)4/h6-7,9-10,19H,5,8H2,1-4H3. The monoisotopic (exact) mass is 281 g/mol. The third-order valence-corrected chi connectivity index (χ3v) is 3.18. The Morgan fingerprint density at radius 2 is 1.85 bits per heavy atom. The van der Waals surface area contributed by atoms with Crippen molar-refractivity contribution in [1.82, 2.24) is 5.32 Å². The lowest BCUT2D eigenvalue weighted by Gasteiger charge is -2.09. The fourth-order valence-corrected chi connectivity index (χ4v) is 2.29. The summed E-state index contributed by atoms with van der Waals surface area (Å²) in [5, 5.41) is 3.81. The highest BCUT2D eigenvalue weighted by Gasteiger charge is 2.19. The topological polar surface area (TPSA) is 25.2 Å². The Balaban J connectivity index is 2.51. The molecule has 0 unspecified atom stereocenters. The molecule has 1 aromatic carbocycles. The summed E-state index contributed by atoms with van der Waals surface area (Å²) in [7, 11) is 0. The molecule has 0 saturated heterocycles. The molecule has 4 heteroatoms. The van der Waals surface area contributed by atoms with Gasteiger partial charge >= 0.3 is 0 Å². The Morgan fingerprint density at radius 1 is 1.15 bits per heavy atom. The Labute approximate surface area is 118 Å². The van der Waals surface area contributed by atoms with Crippen molar-refractivity contribution < 1.29 is 13.2 Å². The van der Waals surface area contributed by atoms with Crippen LogP contribution in [0.2, 0.25) is 0 Å². The number of nitrogens with one attached hydrogen (secondary N) is 1. The molecular formula is C16H21F2NO. The summed E-state index contributed by atoms with van der Waals surface area (Å²) in [4.78, 5) is 0. The van der Waals surface area contributed by atoms with Crippen LogP contribution in [0.1, 0.15) is 39.0 Å². The number of hydrogen-bond donors (Lipinski definition) is 1. The van der Waals surface area contributed by atoms with Crippen molar-refractivity contribution in [3.63, 3.8) is 0 Å². The summed E-state index contributed by atoms with van der Waals surface area (Å²) in [5.41, 5.74) is 1.06. The average molecular weight is 281 g/mol. The van der Waals surface area contributed by atoms with Gasteiger partial charge < -0.3 is 9.73 Å². The van der Waals surface area contributed by atoms with Crippen molar-refractivity contribution in [3.8, 4) is 0 Å². The van der Waals surface area contributed by atoms with E-state index < -0.39 is 11.6 Å². The van der Waals surface area contributed by atoms with Gasteiger partial charge in [0.05, 0.1) is 6.54 Å². The van der Waals surface area contributed by atoms with E-state index in [1.165, 1.54) is 6.07 Å². The molecule has 2 nitrogen and oxygen atoms in total. The minimum Gasteiger partial charge on any atom is -0.456 e. The van der Waals surface area contributed by atoms with E-state index in [9.17, 15) is 8.78 Å². The second-order valence-electron chi connectivity index (χ2n) is 5.90. The van der Waals surface area contributed by atoms with E-state index in [0.717, 1.165) is 18.1 Å². The molecule has 0 aliphatic rings. The third kappa shape index (κ3) is 3.18. The van der Waals surface area contributed by atoms with Crippen molar-refractivity contribution in [3.05, 3.63) is 35.1 Å². The molecule has 1 heterocycles. The van der Waals surface area contributed by atoms with Gasteiger partial charge in [-0.1, -0.05) is 27.7 Å². The van der Waals surface area contributed by atoms with Gasteiger partial charge in [0.1, 0.15) is 11.6 Å². The number of hydrogen-bond acceptors (Lipinski definition) is 2. The van der Waals surface area contributed by atoms with E-state index in [0.29, 0.717) is 29.7 Å². The van der Waals surface area contributed by atoms with E-state index in [-0.39, 0.29) is 5.58 Å². The zero-order valence-corrected chi connectivity index (χ0v) is 12.4. The second kappa shape index (κ2) is 5.92. The molecule has 0 spiro atoms. The number of furan rings is 1. The van der Waals surface area contributed by atoms with Gasteiger partial charge in [0.25, 0.3) is 0 Å². The fourth-order valence-electron chi connectivity index (χ4n) is 2.29. The lowest BCUT2D eigenvalue weighted by molar-refractivity contribution is 0.467. The molecule has 1 N–H and O–H groups in total. The van der Waals surface area contributed by atoms with E-state index in [4.69, 9.17) is 4.42 Å². The van der Waals surface area contributed by atoms with Gasteiger partial charge in [-0.15, -0.1) is 0 Å². The molecule has 20 heavy (non-hydrogen) atoms. The molecule has 0 saturated carbocycles. The molecule has 110 valence electrons. The van der Waals surface area contributed by atoms with Gasteiger partial charge in [-0.2, -0.15) is 0 Å². The van der Waals surface area contributed by atoms with Crippen LogP contribution in [0.5, 0.6) is 0 Å². The Morgan fingerprint density at radius 3 is 2.45 bits per heavy atom. The summed E-state index contributed by atoms with van der Waals surface area (Å²) in [6.45, 7) is 8.74. The molecule has 2 rings (SSSR count). The first-order valence-corrected chi connectivity index (χ1v) is 7.01. The van der Waals surface area contributed by atoms with Crippen LogP contribution >= 0.6 is 0 Å². The second-order valence-corrected chi connectivity index (χ2v) is 5.90. The van der Waals surface area contributed by atoms with Crippen LogP contribution in [0.4, 0.5) is 8.78 Å². The molecule has 1 aromatic heterocycles. The van der Waals surface area contributed by atoms with Crippen LogP contribution in [0, 0.1) is 17.6 Å². The van der Waals surface area contributed by atoms with Crippen molar-refractivity contribution in [1.29, 1.82) is 0 Å². The van der Waals surface area contributed by atoms with Crippen LogP contribution in [-0.4, -0.2) is 6.04 Å². The van der Waals surface area contributed by atoms with Crippen molar-refractivity contribution in [2.75, 3.05) is 0 Å². The van der Waals surface area contributed by atoms with Crippen LogP contribution in [-0.2, 0) is 13.0 Å². The maximum atomic E-state index is 13.8. The first-order chi connectivity index (χ1) is 9.38. The van der Waals surface area contributed by atoms with Gasteiger partial charge in [-0.05, 0) is 18.4 Å². The van der Waals surface area contributed by atoms with E-state index in [2.05, 4.69) is 19.2 Å². The number of fused-ring (bicyclic) bond motifs is 1. The first kappa shape index (κ1) is 15.0.